The molecule has 120 valence electrons. The minimum Gasteiger partial charge on any atom is -0.344 e. The summed E-state index contributed by atoms with van der Waals surface area (Å²) >= 11 is 0. The van der Waals surface area contributed by atoms with E-state index in [1.165, 1.54) is 5.56 Å². The molecule has 1 heterocycles. The predicted molar refractivity (Wildman–Crippen MR) is 81.3 cm³/mol. The molecular formula is C17H17F2N3O. The first-order valence-corrected chi connectivity index (χ1v) is 7.55. The Labute approximate surface area is 133 Å². The zero-order chi connectivity index (χ0) is 16.4. The monoisotopic (exact) mass is 317 g/mol. The summed E-state index contributed by atoms with van der Waals surface area (Å²) in [7, 11) is 0. The molecule has 4 nitrogen and oxygen atoms in total. The molecule has 0 saturated carbocycles. The summed E-state index contributed by atoms with van der Waals surface area (Å²) in [5.74, 6) is -0.450. The summed E-state index contributed by atoms with van der Waals surface area (Å²) in [4.78, 5) is 19.6. The number of benzene rings is 1. The molecule has 0 unspecified atom stereocenters. The zero-order valence-corrected chi connectivity index (χ0v) is 12.7. The van der Waals surface area contributed by atoms with Crippen LogP contribution in [-0.4, -0.2) is 15.9 Å². The molecule has 1 N–H and O–H groups in total. The lowest BCUT2D eigenvalue weighted by molar-refractivity contribution is 0.0926. The minimum atomic E-state index is -2.72. The van der Waals surface area contributed by atoms with Crippen LogP contribution in [0.1, 0.15) is 58.2 Å². The third-order valence-corrected chi connectivity index (χ3v) is 4.07. The maximum absolute atomic E-state index is 12.7. The topological polar surface area (TPSA) is 54.9 Å². The van der Waals surface area contributed by atoms with Gasteiger partial charge in [0.2, 0.25) is 0 Å². The van der Waals surface area contributed by atoms with Crippen molar-refractivity contribution in [2.24, 2.45) is 0 Å². The van der Waals surface area contributed by atoms with Gasteiger partial charge in [0, 0.05) is 0 Å². The van der Waals surface area contributed by atoms with Gasteiger partial charge in [-0.15, -0.1) is 0 Å². The molecule has 6 heteroatoms. The van der Waals surface area contributed by atoms with Gasteiger partial charge in [-0.2, -0.15) is 0 Å². The Bertz CT molecular complexity index is 734. The third kappa shape index (κ3) is 3.36. The number of hydrogen-bond acceptors (Lipinski definition) is 3. The van der Waals surface area contributed by atoms with Crippen molar-refractivity contribution in [2.75, 3.05) is 0 Å². The van der Waals surface area contributed by atoms with Gasteiger partial charge in [0.15, 0.2) is 0 Å². The first-order valence-electron chi connectivity index (χ1n) is 7.55. The number of nitrogens with zero attached hydrogens (tertiary/aromatic N) is 2. The lowest BCUT2D eigenvalue weighted by atomic mass is 9.86. The van der Waals surface area contributed by atoms with E-state index in [4.69, 9.17) is 0 Å². The van der Waals surface area contributed by atoms with Crippen LogP contribution >= 0.6 is 0 Å². The first-order chi connectivity index (χ1) is 11.0. The number of halogens is 2. The summed E-state index contributed by atoms with van der Waals surface area (Å²) in [6.45, 7) is 2.01. The van der Waals surface area contributed by atoms with Crippen LogP contribution in [0.3, 0.4) is 0 Å². The summed E-state index contributed by atoms with van der Waals surface area (Å²) < 4.78 is 25.4. The molecule has 1 amide bonds. The summed E-state index contributed by atoms with van der Waals surface area (Å²) in [5.41, 5.74) is 2.99. The molecule has 1 atom stereocenters. The van der Waals surface area contributed by atoms with E-state index in [0.717, 1.165) is 42.8 Å². The Kier molecular flexibility index (Phi) is 4.32. The lowest BCUT2D eigenvalue weighted by Gasteiger charge is -2.26. The van der Waals surface area contributed by atoms with E-state index in [2.05, 4.69) is 33.5 Å². The Morgan fingerprint density at radius 2 is 2.13 bits per heavy atom. The number of aryl methyl sites for hydroxylation is 2. The van der Waals surface area contributed by atoms with Crippen molar-refractivity contribution in [3.8, 4) is 0 Å². The number of amides is 1. The van der Waals surface area contributed by atoms with Crippen molar-refractivity contribution in [2.45, 2.75) is 38.7 Å². The largest absolute Gasteiger partial charge is 0.344 e. The van der Waals surface area contributed by atoms with Crippen molar-refractivity contribution >= 4 is 5.91 Å². The highest BCUT2D eigenvalue weighted by molar-refractivity contribution is 5.92. The molecule has 2 aromatic rings. The molecule has 0 spiro atoms. The third-order valence-electron chi connectivity index (χ3n) is 4.07. The number of carbonyl (C=O) groups excluding carboxylic acids is 1. The number of hydrogen-bond donors (Lipinski definition) is 1. The van der Waals surface area contributed by atoms with Crippen LogP contribution in [0, 0.1) is 6.92 Å². The molecule has 0 fully saturated rings. The van der Waals surface area contributed by atoms with Crippen molar-refractivity contribution in [1.82, 2.24) is 15.3 Å². The summed E-state index contributed by atoms with van der Waals surface area (Å²) in [5, 5.41) is 2.91. The standard InChI is InChI=1S/C17H17F2N3O/c1-10-5-6-11-3-2-4-13(12(11)7-10)22-17(23)15-8-14(16(18)19)20-9-21-15/h5-9,13,16H,2-4H2,1H3,(H,22,23)/t13-/m0/s1. The maximum Gasteiger partial charge on any atom is 0.280 e. The Balaban J connectivity index is 1.82. The van der Waals surface area contributed by atoms with Gasteiger partial charge < -0.3 is 5.32 Å². The number of nitrogens with one attached hydrogen (secondary N) is 1. The number of fused-ring (bicyclic) bond motifs is 1. The molecule has 1 aliphatic rings. The molecule has 1 aliphatic carbocycles. The molecule has 1 aromatic heterocycles. The Morgan fingerprint density at radius 1 is 1.30 bits per heavy atom. The van der Waals surface area contributed by atoms with E-state index in [9.17, 15) is 13.6 Å². The highest BCUT2D eigenvalue weighted by atomic mass is 19.3. The highest BCUT2D eigenvalue weighted by Crippen LogP contribution is 2.30. The molecule has 3 rings (SSSR count). The Hall–Kier alpha value is -2.37. The fourth-order valence-corrected chi connectivity index (χ4v) is 2.92. The second kappa shape index (κ2) is 6.40. The molecule has 0 radical (unpaired) electrons. The average molecular weight is 317 g/mol. The molecule has 0 saturated heterocycles. The summed E-state index contributed by atoms with van der Waals surface area (Å²) in [6, 6.07) is 7.14. The normalized spacial score (nSPS) is 17.0. The quantitative estimate of drug-likeness (QED) is 0.942. The van der Waals surface area contributed by atoms with Crippen LogP contribution in [-0.2, 0) is 6.42 Å². The van der Waals surface area contributed by atoms with Crippen molar-refractivity contribution in [3.63, 3.8) is 0 Å². The lowest BCUT2D eigenvalue weighted by Crippen LogP contribution is -2.31. The van der Waals surface area contributed by atoms with Gasteiger partial charge in [0.25, 0.3) is 12.3 Å². The second-order valence-electron chi connectivity index (χ2n) is 5.75. The van der Waals surface area contributed by atoms with Crippen molar-refractivity contribution < 1.29 is 13.6 Å². The fourth-order valence-electron chi connectivity index (χ4n) is 2.92. The van der Waals surface area contributed by atoms with Crippen LogP contribution in [0.5, 0.6) is 0 Å². The van der Waals surface area contributed by atoms with Gasteiger partial charge in [-0.3, -0.25) is 4.79 Å². The van der Waals surface area contributed by atoms with Crippen molar-refractivity contribution in [1.29, 1.82) is 0 Å². The maximum atomic E-state index is 12.7. The second-order valence-corrected chi connectivity index (χ2v) is 5.75. The van der Waals surface area contributed by atoms with E-state index < -0.39 is 18.0 Å². The van der Waals surface area contributed by atoms with Gasteiger partial charge >= 0.3 is 0 Å². The van der Waals surface area contributed by atoms with E-state index in [1.54, 1.807) is 0 Å². The van der Waals surface area contributed by atoms with Crippen LogP contribution in [0.15, 0.2) is 30.6 Å². The molecule has 23 heavy (non-hydrogen) atoms. The van der Waals surface area contributed by atoms with Gasteiger partial charge in [0.05, 0.1) is 6.04 Å². The minimum absolute atomic E-state index is 0.0323. The van der Waals surface area contributed by atoms with E-state index >= 15 is 0 Å². The van der Waals surface area contributed by atoms with Crippen molar-refractivity contribution in [3.05, 3.63) is 58.7 Å². The van der Waals surface area contributed by atoms with E-state index in [0.29, 0.717) is 0 Å². The van der Waals surface area contributed by atoms with Gasteiger partial charge in [-0.1, -0.05) is 23.8 Å². The van der Waals surface area contributed by atoms with E-state index in [-0.39, 0.29) is 11.7 Å². The van der Waals surface area contributed by atoms with Crippen LogP contribution in [0.2, 0.25) is 0 Å². The highest BCUT2D eigenvalue weighted by Gasteiger charge is 2.23. The number of alkyl halides is 2. The predicted octanol–water partition coefficient (Wildman–Crippen LogP) is 3.53. The molecular weight excluding hydrogens is 300 g/mol. The smallest absolute Gasteiger partial charge is 0.280 e. The Morgan fingerprint density at radius 3 is 2.91 bits per heavy atom. The number of aromatic nitrogens is 2. The molecule has 0 aliphatic heterocycles. The average Bonchev–Trinajstić information content (AvgIpc) is 2.55. The van der Waals surface area contributed by atoms with Gasteiger partial charge in [0.1, 0.15) is 17.7 Å². The number of carbonyl (C=O) groups is 1. The first kappa shape index (κ1) is 15.5. The SMILES string of the molecule is Cc1ccc2c(c1)[C@@H](NC(=O)c1cc(C(F)F)ncn1)CCC2. The van der Waals surface area contributed by atoms with Crippen LogP contribution < -0.4 is 5.32 Å². The van der Waals surface area contributed by atoms with E-state index in [1.807, 2.05) is 6.92 Å². The number of rotatable bonds is 3. The zero-order valence-electron chi connectivity index (χ0n) is 12.7. The molecule has 0 bridgehead atoms. The van der Waals surface area contributed by atoms with Gasteiger partial charge in [-0.05, 0) is 43.4 Å². The van der Waals surface area contributed by atoms with Gasteiger partial charge in [-0.25, -0.2) is 18.7 Å². The van der Waals surface area contributed by atoms with Crippen LogP contribution in [0.4, 0.5) is 8.78 Å². The van der Waals surface area contributed by atoms with Crippen LogP contribution in [0.25, 0.3) is 0 Å². The fraction of sp³-hybridized carbons (Fsp3) is 0.353. The molecule has 1 aromatic carbocycles. The summed E-state index contributed by atoms with van der Waals surface area (Å²) in [6.07, 6.45) is 1.07.